The van der Waals surface area contributed by atoms with Gasteiger partial charge in [-0.25, -0.2) is 4.98 Å². The number of furan rings is 1. The second-order valence-corrected chi connectivity index (χ2v) is 9.56. The van der Waals surface area contributed by atoms with E-state index in [0.717, 1.165) is 41.4 Å². The van der Waals surface area contributed by atoms with Gasteiger partial charge in [-0.15, -0.1) is 11.3 Å². The van der Waals surface area contributed by atoms with Gasteiger partial charge in [0.05, 0.1) is 31.1 Å². The van der Waals surface area contributed by atoms with Crippen molar-refractivity contribution >= 4 is 45.2 Å². The van der Waals surface area contributed by atoms with Crippen LogP contribution in [0, 0.1) is 5.92 Å². The largest absolute Gasteiger partial charge is 0.468 e. The Morgan fingerprint density at radius 1 is 1.45 bits per heavy atom. The van der Waals surface area contributed by atoms with E-state index < -0.39 is 5.97 Å². The van der Waals surface area contributed by atoms with Crippen LogP contribution in [0.25, 0.3) is 10.2 Å². The van der Waals surface area contributed by atoms with Gasteiger partial charge in [0.2, 0.25) is 5.91 Å². The van der Waals surface area contributed by atoms with Crippen LogP contribution in [0.1, 0.15) is 29.5 Å². The number of nitrogens with zero attached hydrogens (tertiary/aromatic N) is 2. The summed E-state index contributed by atoms with van der Waals surface area (Å²) in [5.41, 5.74) is 1.02. The van der Waals surface area contributed by atoms with Crippen LogP contribution in [0.3, 0.4) is 0 Å². The third-order valence-corrected chi connectivity index (χ3v) is 7.39. The molecule has 164 valence electrons. The minimum absolute atomic E-state index is 0.0230. The molecule has 1 aliphatic carbocycles. The molecule has 0 saturated carbocycles. The summed E-state index contributed by atoms with van der Waals surface area (Å²) >= 11 is 2.74. The number of thiophene rings is 1. The van der Waals surface area contributed by atoms with Crippen LogP contribution in [-0.4, -0.2) is 40.8 Å². The predicted molar refractivity (Wildman–Crippen MR) is 119 cm³/mol. The van der Waals surface area contributed by atoms with Crippen LogP contribution in [0.15, 0.2) is 32.8 Å². The van der Waals surface area contributed by atoms with Crippen molar-refractivity contribution in [3.63, 3.8) is 0 Å². The Morgan fingerprint density at radius 3 is 3.03 bits per heavy atom. The standard InChI is InChI=1S/C21H23N3O5S2/c1-12-5-6-14-15(8-12)31-19-18(14)20(27)24(10-13-4-3-7-29-13)21(23-19)30-11-16(25)22-9-17(26)28-2/h3-4,7,12H,5-6,8-11H2,1-2H3,(H,22,25). The monoisotopic (exact) mass is 461 g/mol. The van der Waals surface area contributed by atoms with Crippen LogP contribution in [0.5, 0.6) is 0 Å². The Morgan fingerprint density at radius 2 is 2.29 bits per heavy atom. The van der Waals surface area contributed by atoms with Crippen molar-refractivity contribution in [1.29, 1.82) is 0 Å². The predicted octanol–water partition coefficient (Wildman–Crippen LogP) is 2.61. The Bertz CT molecular complexity index is 1170. The topological polar surface area (TPSA) is 103 Å². The summed E-state index contributed by atoms with van der Waals surface area (Å²) in [5, 5.41) is 3.64. The highest BCUT2D eigenvalue weighted by molar-refractivity contribution is 7.99. The Kier molecular flexibility index (Phi) is 6.47. The maximum Gasteiger partial charge on any atom is 0.325 e. The minimum atomic E-state index is -0.522. The zero-order chi connectivity index (χ0) is 22.0. The van der Waals surface area contributed by atoms with E-state index in [0.29, 0.717) is 22.2 Å². The molecule has 0 radical (unpaired) electrons. The second kappa shape index (κ2) is 9.27. The summed E-state index contributed by atoms with van der Waals surface area (Å²) in [6.45, 7) is 2.27. The quantitative estimate of drug-likeness (QED) is 0.328. The summed E-state index contributed by atoms with van der Waals surface area (Å²) in [6, 6.07) is 3.58. The van der Waals surface area contributed by atoms with E-state index in [9.17, 15) is 14.4 Å². The van der Waals surface area contributed by atoms with Crippen LogP contribution >= 0.6 is 23.1 Å². The lowest BCUT2D eigenvalue weighted by Crippen LogP contribution is -2.32. The molecule has 3 aromatic heterocycles. The molecule has 31 heavy (non-hydrogen) atoms. The Balaban J connectivity index is 1.66. The van der Waals surface area contributed by atoms with E-state index in [4.69, 9.17) is 9.40 Å². The van der Waals surface area contributed by atoms with E-state index in [2.05, 4.69) is 17.0 Å². The number of ether oxygens (including phenoxy) is 1. The lowest BCUT2D eigenvalue weighted by atomic mass is 9.89. The Labute approximate surface area is 187 Å². The fourth-order valence-corrected chi connectivity index (χ4v) is 5.89. The van der Waals surface area contributed by atoms with Gasteiger partial charge in [0.25, 0.3) is 5.56 Å². The summed E-state index contributed by atoms with van der Waals surface area (Å²) < 4.78 is 11.5. The van der Waals surface area contributed by atoms with Gasteiger partial charge in [-0.1, -0.05) is 18.7 Å². The number of rotatable bonds is 7. The molecule has 0 aromatic carbocycles. The number of carbonyl (C=O) groups is 2. The highest BCUT2D eigenvalue weighted by Gasteiger charge is 2.25. The average molecular weight is 462 g/mol. The zero-order valence-electron chi connectivity index (χ0n) is 17.3. The lowest BCUT2D eigenvalue weighted by molar-refractivity contribution is -0.140. The van der Waals surface area contributed by atoms with Gasteiger partial charge >= 0.3 is 5.97 Å². The normalized spacial score (nSPS) is 15.6. The highest BCUT2D eigenvalue weighted by Crippen LogP contribution is 2.36. The number of aromatic nitrogens is 2. The van der Waals surface area contributed by atoms with Gasteiger partial charge in [-0.2, -0.15) is 0 Å². The molecule has 0 fully saturated rings. The van der Waals surface area contributed by atoms with Crippen LogP contribution in [0.2, 0.25) is 0 Å². The molecule has 4 rings (SSSR count). The molecule has 10 heteroatoms. The van der Waals surface area contributed by atoms with E-state index in [1.807, 2.05) is 0 Å². The maximum absolute atomic E-state index is 13.5. The van der Waals surface area contributed by atoms with Crippen LogP contribution < -0.4 is 10.9 Å². The number of amides is 1. The fraction of sp³-hybridized carbons (Fsp3) is 0.429. The fourth-order valence-electron chi connectivity index (χ4n) is 3.64. The molecule has 0 spiro atoms. The summed E-state index contributed by atoms with van der Waals surface area (Å²) in [7, 11) is 1.26. The van der Waals surface area contributed by atoms with Gasteiger partial charge in [-0.3, -0.25) is 19.0 Å². The number of aryl methyl sites for hydroxylation is 1. The van der Waals surface area contributed by atoms with Crippen molar-refractivity contribution in [2.45, 2.75) is 37.9 Å². The molecular formula is C21H23N3O5S2. The molecule has 1 amide bonds. The summed E-state index contributed by atoms with van der Waals surface area (Å²) in [5.74, 6) is 0.394. The molecule has 0 bridgehead atoms. The van der Waals surface area contributed by atoms with Crippen LogP contribution in [0.4, 0.5) is 0 Å². The van der Waals surface area contributed by atoms with E-state index in [-0.39, 0.29) is 30.3 Å². The number of methoxy groups -OCH3 is 1. The van der Waals surface area contributed by atoms with Gasteiger partial charge < -0.3 is 14.5 Å². The molecule has 0 aliphatic heterocycles. The molecule has 1 unspecified atom stereocenters. The first kappa shape index (κ1) is 21.6. The van der Waals surface area contributed by atoms with Gasteiger partial charge in [0.15, 0.2) is 5.16 Å². The van der Waals surface area contributed by atoms with Gasteiger partial charge in [-0.05, 0) is 42.9 Å². The summed E-state index contributed by atoms with van der Waals surface area (Å²) in [4.78, 5) is 43.6. The number of thioether (sulfide) groups is 1. The molecule has 1 N–H and O–H groups in total. The Hall–Kier alpha value is -2.59. The number of esters is 1. The third-order valence-electron chi connectivity index (χ3n) is 5.26. The second-order valence-electron chi connectivity index (χ2n) is 7.54. The zero-order valence-corrected chi connectivity index (χ0v) is 18.9. The van der Waals surface area contributed by atoms with Crippen molar-refractivity contribution in [3.8, 4) is 0 Å². The van der Waals surface area contributed by atoms with Crippen LogP contribution in [-0.2, 0) is 33.7 Å². The van der Waals surface area contributed by atoms with Gasteiger partial charge in [0, 0.05) is 4.88 Å². The molecule has 8 nitrogen and oxygen atoms in total. The highest BCUT2D eigenvalue weighted by atomic mass is 32.2. The van der Waals surface area contributed by atoms with Crippen molar-refractivity contribution in [1.82, 2.24) is 14.9 Å². The first-order chi connectivity index (χ1) is 15.0. The van der Waals surface area contributed by atoms with Crippen molar-refractivity contribution in [2.24, 2.45) is 5.92 Å². The van der Waals surface area contributed by atoms with Crippen molar-refractivity contribution < 1.29 is 18.7 Å². The van der Waals surface area contributed by atoms with Gasteiger partial charge in [0.1, 0.15) is 17.1 Å². The van der Waals surface area contributed by atoms with Crippen molar-refractivity contribution in [3.05, 3.63) is 45.0 Å². The SMILES string of the molecule is COC(=O)CNC(=O)CSc1nc2sc3c(c2c(=O)n1Cc1ccco1)CCC(C)C3. The molecule has 3 aromatic rings. The van der Waals surface area contributed by atoms with E-state index in [1.165, 1.54) is 12.0 Å². The lowest BCUT2D eigenvalue weighted by Gasteiger charge is -2.17. The number of nitrogens with one attached hydrogen (secondary N) is 1. The van der Waals surface area contributed by atoms with E-state index >= 15 is 0 Å². The number of hydrogen-bond donors (Lipinski definition) is 1. The molecule has 3 heterocycles. The molecule has 1 atom stereocenters. The number of fused-ring (bicyclic) bond motifs is 3. The number of carbonyl (C=O) groups excluding carboxylic acids is 2. The molecule has 0 saturated heterocycles. The maximum atomic E-state index is 13.5. The number of hydrogen-bond acceptors (Lipinski definition) is 8. The minimum Gasteiger partial charge on any atom is -0.468 e. The summed E-state index contributed by atoms with van der Waals surface area (Å²) in [6.07, 6.45) is 4.48. The average Bonchev–Trinajstić information content (AvgIpc) is 3.39. The third kappa shape index (κ3) is 4.69. The molecular weight excluding hydrogens is 438 g/mol. The first-order valence-electron chi connectivity index (χ1n) is 10.00. The smallest absolute Gasteiger partial charge is 0.325 e. The van der Waals surface area contributed by atoms with Crippen molar-refractivity contribution in [2.75, 3.05) is 19.4 Å². The van der Waals surface area contributed by atoms with E-state index in [1.54, 1.807) is 34.3 Å². The molecule has 1 aliphatic rings. The first-order valence-corrected chi connectivity index (χ1v) is 11.8.